The molecule has 1 N–H and O–H groups in total. The molecule has 0 aliphatic rings. The Morgan fingerprint density at radius 1 is 1.31 bits per heavy atom. The fourth-order valence-electron chi connectivity index (χ4n) is 2.94. The average Bonchev–Trinajstić information content (AvgIpc) is 2.94. The van der Waals surface area contributed by atoms with E-state index in [1.807, 2.05) is 6.92 Å². The third kappa shape index (κ3) is 2.98. The molecule has 3 rings (SSSR count). The largest absolute Gasteiger partial charge is 0.506 e. The van der Waals surface area contributed by atoms with Crippen molar-refractivity contribution in [2.45, 2.75) is 26.4 Å². The van der Waals surface area contributed by atoms with Crippen molar-refractivity contribution in [1.29, 1.82) is 0 Å². The number of ketones is 1. The first-order valence-corrected chi connectivity index (χ1v) is 8.55. The summed E-state index contributed by atoms with van der Waals surface area (Å²) in [6.07, 6.45) is -4.20. The molecule has 2 aromatic heterocycles. The zero-order chi connectivity index (χ0) is 19.2. The number of Topliss-reactive ketones (excluding diaryl/α,β-unsaturated/α-hetero) is 1. The molecule has 0 aliphatic heterocycles. The molecule has 2 heterocycles. The van der Waals surface area contributed by atoms with E-state index < -0.39 is 17.5 Å². The summed E-state index contributed by atoms with van der Waals surface area (Å²) in [6, 6.07) is 7.21. The van der Waals surface area contributed by atoms with Gasteiger partial charge in [0.05, 0.1) is 21.4 Å². The highest BCUT2D eigenvalue weighted by Crippen LogP contribution is 2.42. The molecule has 3 aromatic rings. The van der Waals surface area contributed by atoms with Crippen LogP contribution >= 0.6 is 15.9 Å². The van der Waals surface area contributed by atoms with Gasteiger partial charge in [-0.1, -0.05) is 13.0 Å². The van der Waals surface area contributed by atoms with E-state index in [-0.39, 0.29) is 15.8 Å². The molecule has 0 saturated heterocycles. The predicted octanol–water partition coefficient (Wildman–Crippen LogP) is 5.25. The first-order valence-electron chi connectivity index (χ1n) is 7.76. The lowest BCUT2D eigenvalue weighted by molar-refractivity contribution is -0.138. The van der Waals surface area contributed by atoms with Crippen LogP contribution in [0, 0.1) is 0 Å². The van der Waals surface area contributed by atoms with Crippen LogP contribution < -0.4 is 0 Å². The number of rotatable bonds is 3. The minimum atomic E-state index is -4.72. The van der Waals surface area contributed by atoms with E-state index in [0.717, 1.165) is 6.07 Å². The number of fused-ring (bicyclic) bond motifs is 1. The zero-order valence-corrected chi connectivity index (χ0v) is 15.4. The van der Waals surface area contributed by atoms with E-state index >= 15 is 0 Å². The van der Waals surface area contributed by atoms with E-state index in [4.69, 9.17) is 0 Å². The summed E-state index contributed by atoms with van der Waals surface area (Å²) in [5, 5.41) is 9.76. The van der Waals surface area contributed by atoms with Crippen LogP contribution in [0.2, 0.25) is 0 Å². The van der Waals surface area contributed by atoms with Crippen molar-refractivity contribution >= 4 is 27.4 Å². The number of carbonyl (C=O) groups is 1. The summed E-state index contributed by atoms with van der Waals surface area (Å²) in [6.45, 7) is 3.25. The first kappa shape index (κ1) is 18.4. The van der Waals surface area contributed by atoms with Gasteiger partial charge in [0.2, 0.25) is 0 Å². The predicted molar refractivity (Wildman–Crippen MR) is 94.4 cm³/mol. The summed E-state index contributed by atoms with van der Waals surface area (Å²) in [5.74, 6) is -1.10. The molecular weight excluding hydrogens is 413 g/mol. The molecule has 0 bridgehead atoms. The van der Waals surface area contributed by atoms with E-state index in [2.05, 4.69) is 20.9 Å². The second-order valence-corrected chi connectivity index (χ2v) is 6.63. The lowest BCUT2D eigenvalue weighted by Crippen LogP contribution is -2.07. The molecule has 0 amide bonds. The van der Waals surface area contributed by atoms with Crippen LogP contribution in [0.5, 0.6) is 5.75 Å². The Hall–Kier alpha value is -2.35. The number of hydrogen-bond donors (Lipinski definition) is 1. The van der Waals surface area contributed by atoms with Crippen LogP contribution in [0.1, 0.15) is 35.6 Å². The number of halogens is 4. The zero-order valence-electron chi connectivity index (χ0n) is 13.9. The lowest BCUT2D eigenvalue weighted by Gasteiger charge is -2.14. The third-order valence-corrected chi connectivity index (χ3v) is 4.65. The van der Waals surface area contributed by atoms with E-state index in [1.54, 1.807) is 22.6 Å². The van der Waals surface area contributed by atoms with E-state index in [0.29, 0.717) is 29.1 Å². The van der Waals surface area contributed by atoms with Crippen molar-refractivity contribution in [2.75, 3.05) is 0 Å². The maximum Gasteiger partial charge on any atom is 0.420 e. The van der Waals surface area contributed by atoms with Gasteiger partial charge in [0.25, 0.3) is 0 Å². The number of hydrogen-bond acceptors (Lipinski definition) is 3. The van der Waals surface area contributed by atoms with Gasteiger partial charge in [-0.2, -0.15) is 13.2 Å². The Kier molecular flexibility index (Phi) is 4.56. The maximum absolute atomic E-state index is 13.3. The quantitative estimate of drug-likeness (QED) is 0.581. The molecule has 0 radical (unpaired) electrons. The number of imidazole rings is 1. The number of phenolic OH excluding ortho intramolecular Hbond substituents is 1. The minimum Gasteiger partial charge on any atom is -0.506 e. The molecule has 0 atom stereocenters. The third-order valence-electron chi connectivity index (χ3n) is 4.05. The number of aromatic nitrogens is 2. The molecule has 8 heteroatoms. The summed E-state index contributed by atoms with van der Waals surface area (Å²) >= 11 is 2.98. The fraction of sp³-hybridized carbons (Fsp3) is 0.222. The standard InChI is InChI=1S/C18H14BrF3N2O2/c1-3-13-16(9(2)25)24-14(5-4-6-15(24)23-13)10-7-11(18(20,21)22)17(26)12(19)8-10/h4-8,26H,3H2,1-2H3. The van der Waals surface area contributed by atoms with Crippen molar-refractivity contribution in [3.63, 3.8) is 0 Å². The highest BCUT2D eigenvalue weighted by molar-refractivity contribution is 9.10. The van der Waals surface area contributed by atoms with Gasteiger partial charge < -0.3 is 5.11 Å². The molecule has 4 nitrogen and oxygen atoms in total. The number of nitrogens with zero attached hydrogens (tertiary/aromatic N) is 2. The number of pyridine rings is 1. The van der Waals surface area contributed by atoms with Crippen molar-refractivity contribution in [3.8, 4) is 17.0 Å². The molecule has 26 heavy (non-hydrogen) atoms. The normalized spacial score (nSPS) is 11.9. The highest BCUT2D eigenvalue weighted by atomic mass is 79.9. The van der Waals surface area contributed by atoms with Crippen molar-refractivity contribution < 1.29 is 23.1 Å². The van der Waals surface area contributed by atoms with Gasteiger partial charge in [-0.15, -0.1) is 0 Å². The fourth-order valence-corrected chi connectivity index (χ4v) is 3.40. The SMILES string of the molecule is CCc1nc2cccc(-c3cc(Br)c(O)c(C(F)(F)F)c3)n2c1C(C)=O. The summed E-state index contributed by atoms with van der Waals surface area (Å²) in [4.78, 5) is 16.5. The van der Waals surface area contributed by atoms with Crippen molar-refractivity contribution in [1.82, 2.24) is 9.38 Å². The average molecular weight is 427 g/mol. The van der Waals surface area contributed by atoms with Gasteiger partial charge in [-0.3, -0.25) is 9.20 Å². The molecule has 0 fully saturated rings. The van der Waals surface area contributed by atoms with Gasteiger partial charge in [0, 0.05) is 12.5 Å². The maximum atomic E-state index is 13.3. The number of aryl methyl sites for hydroxylation is 1. The number of aromatic hydroxyl groups is 1. The summed E-state index contributed by atoms with van der Waals surface area (Å²) in [7, 11) is 0. The Morgan fingerprint density at radius 2 is 2.00 bits per heavy atom. The van der Waals surface area contributed by atoms with Crippen LogP contribution in [0.3, 0.4) is 0 Å². The summed E-state index contributed by atoms with van der Waals surface area (Å²) in [5.41, 5.74) is 0.831. The molecule has 0 spiro atoms. The Balaban J connectivity index is 2.38. The second kappa shape index (κ2) is 6.42. The minimum absolute atomic E-state index is 0.0838. The Labute approximate surface area is 155 Å². The summed E-state index contributed by atoms with van der Waals surface area (Å²) < 4.78 is 41.2. The topological polar surface area (TPSA) is 54.6 Å². The van der Waals surface area contributed by atoms with Gasteiger partial charge >= 0.3 is 6.18 Å². The highest BCUT2D eigenvalue weighted by Gasteiger charge is 2.35. The van der Waals surface area contributed by atoms with Gasteiger partial charge in [0.15, 0.2) is 5.78 Å². The molecule has 136 valence electrons. The van der Waals surface area contributed by atoms with Crippen LogP contribution in [-0.2, 0) is 12.6 Å². The number of benzene rings is 1. The second-order valence-electron chi connectivity index (χ2n) is 5.77. The lowest BCUT2D eigenvalue weighted by atomic mass is 10.1. The number of alkyl halides is 3. The molecule has 0 unspecified atom stereocenters. The molecular formula is C18H14BrF3N2O2. The monoisotopic (exact) mass is 426 g/mol. The Bertz CT molecular complexity index is 1030. The van der Waals surface area contributed by atoms with Gasteiger partial charge in [-0.05, 0) is 46.6 Å². The van der Waals surface area contributed by atoms with Gasteiger partial charge in [-0.25, -0.2) is 4.98 Å². The smallest absolute Gasteiger partial charge is 0.420 e. The number of carbonyl (C=O) groups excluding carboxylic acids is 1. The Morgan fingerprint density at radius 3 is 2.58 bits per heavy atom. The van der Waals surface area contributed by atoms with Crippen LogP contribution in [0.25, 0.3) is 16.9 Å². The number of phenols is 1. The van der Waals surface area contributed by atoms with Crippen LogP contribution in [0.4, 0.5) is 13.2 Å². The molecule has 1 aromatic carbocycles. The van der Waals surface area contributed by atoms with Crippen molar-refractivity contribution in [3.05, 3.63) is 51.8 Å². The molecule has 0 saturated carbocycles. The van der Waals surface area contributed by atoms with Crippen molar-refractivity contribution in [2.24, 2.45) is 0 Å². The van der Waals surface area contributed by atoms with E-state index in [1.165, 1.54) is 13.0 Å². The van der Waals surface area contributed by atoms with Crippen LogP contribution in [0.15, 0.2) is 34.8 Å². The van der Waals surface area contributed by atoms with E-state index in [9.17, 15) is 23.1 Å². The van der Waals surface area contributed by atoms with Gasteiger partial charge in [0.1, 0.15) is 17.1 Å². The van der Waals surface area contributed by atoms with Crippen LogP contribution in [-0.4, -0.2) is 20.3 Å². The molecule has 0 aliphatic carbocycles. The first-order chi connectivity index (χ1) is 12.1.